The lowest BCUT2D eigenvalue weighted by atomic mass is 10.3. The minimum absolute atomic E-state index is 0.0555. The van der Waals surface area contributed by atoms with Gasteiger partial charge >= 0.3 is 5.97 Å². The molecule has 0 aliphatic carbocycles. The number of aromatic carboxylic acids is 1. The number of nitrogens with one attached hydrogen (secondary N) is 1. The third-order valence-electron chi connectivity index (χ3n) is 2.21. The third-order valence-corrected chi connectivity index (χ3v) is 3.14. The molecule has 2 aromatic rings. The van der Waals surface area contributed by atoms with Crippen LogP contribution in [0.4, 0.5) is 0 Å². The summed E-state index contributed by atoms with van der Waals surface area (Å²) in [6.07, 6.45) is 0.956. The molecule has 0 spiro atoms. The van der Waals surface area contributed by atoms with Crippen molar-refractivity contribution < 1.29 is 14.4 Å². The van der Waals surface area contributed by atoms with Crippen molar-refractivity contribution in [1.29, 1.82) is 0 Å². The Labute approximate surface area is 102 Å². The highest BCUT2D eigenvalue weighted by atomic mass is 32.1. The number of carboxylic acids is 1. The zero-order chi connectivity index (χ0) is 12.1. The van der Waals surface area contributed by atoms with Crippen LogP contribution in [0.2, 0.25) is 0 Å². The first kappa shape index (κ1) is 11.8. The number of hydrogen-bond acceptors (Lipinski definition) is 5. The first-order valence-corrected chi connectivity index (χ1v) is 6.05. The first-order chi connectivity index (χ1) is 8.25. The van der Waals surface area contributed by atoms with E-state index in [1.165, 1.54) is 10.9 Å². The third kappa shape index (κ3) is 3.40. The molecule has 0 saturated heterocycles. The largest absolute Gasteiger partial charge is 0.476 e. The van der Waals surface area contributed by atoms with Gasteiger partial charge < -0.3 is 14.9 Å². The minimum atomic E-state index is -1.07. The van der Waals surface area contributed by atoms with Gasteiger partial charge in [0, 0.05) is 17.5 Å². The van der Waals surface area contributed by atoms with Gasteiger partial charge in [-0.25, -0.2) is 4.79 Å². The lowest BCUT2D eigenvalue weighted by molar-refractivity contribution is 0.0685. The molecule has 0 aliphatic rings. The van der Waals surface area contributed by atoms with Crippen LogP contribution in [-0.2, 0) is 13.0 Å². The number of hydrogen-bond donors (Lipinski definition) is 2. The maximum Gasteiger partial charge on any atom is 0.358 e. The highest BCUT2D eigenvalue weighted by Crippen LogP contribution is 2.08. The van der Waals surface area contributed by atoms with Crippen molar-refractivity contribution in [3.05, 3.63) is 39.9 Å². The van der Waals surface area contributed by atoms with Gasteiger partial charge in [0.05, 0.1) is 6.54 Å². The summed E-state index contributed by atoms with van der Waals surface area (Å²) in [5.74, 6) is -0.535. The minimum Gasteiger partial charge on any atom is -0.476 e. The Bertz CT molecular complexity index is 479. The van der Waals surface area contributed by atoms with Crippen molar-refractivity contribution >= 4 is 17.3 Å². The van der Waals surface area contributed by atoms with E-state index < -0.39 is 5.97 Å². The van der Waals surface area contributed by atoms with Gasteiger partial charge in [0.15, 0.2) is 11.5 Å². The summed E-state index contributed by atoms with van der Waals surface area (Å²) in [6, 6.07) is 5.54. The van der Waals surface area contributed by atoms with Crippen LogP contribution in [0.5, 0.6) is 0 Å². The Morgan fingerprint density at radius 1 is 1.59 bits per heavy atom. The Morgan fingerprint density at radius 3 is 3.12 bits per heavy atom. The molecule has 0 aliphatic heterocycles. The summed E-state index contributed by atoms with van der Waals surface area (Å²) in [4.78, 5) is 11.9. The number of aromatic nitrogens is 1. The maximum absolute atomic E-state index is 10.6. The normalized spacial score (nSPS) is 10.6. The second-order valence-corrected chi connectivity index (χ2v) is 4.52. The molecular formula is C11H12N2O3S. The van der Waals surface area contributed by atoms with Crippen molar-refractivity contribution in [2.75, 3.05) is 6.54 Å². The maximum atomic E-state index is 10.6. The van der Waals surface area contributed by atoms with Gasteiger partial charge in [-0.1, -0.05) is 11.2 Å². The molecule has 2 rings (SSSR count). The topological polar surface area (TPSA) is 75.4 Å². The fourth-order valence-electron chi connectivity index (χ4n) is 1.38. The van der Waals surface area contributed by atoms with Gasteiger partial charge in [0.2, 0.25) is 0 Å². The Morgan fingerprint density at radius 2 is 2.47 bits per heavy atom. The molecule has 0 bridgehead atoms. The van der Waals surface area contributed by atoms with Gasteiger partial charge in [0.1, 0.15) is 0 Å². The van der Waals surface area contributed by atoms with E-state index in [0.29, 0.717) is 12.3 Å². The lowest BCUT2D eigenvalue weighted by Gasteiger charge is -1.99. The van der Waals surface area contributed by atoms with Crippen LogP contribution in [0.3, 0.4) is 0 Å². The van der Waals surface area contributed by atoms with E-state index in [4.69, 9.17) is 9.63 Å². The van der Waals surface area contributed by atoms with E-state index in [1.807, 2.05) is 11.4 Å². The average molecular weight is 252 g/mol. The predicted octanol–water partition coefficient (Wildman–Crippen LogP) is 1.77. The molecular weight excluding hydrogens is 240 g/mol. The number of carboxylic acid groups (broad SMARTS) is 1. The average Bonchev–Trinajstić information content (AvgIpc) is 2.96. The van der Waals surface area contributed by atoms with Crippen LogP contribution < -0.4 is 5.32 Å². The van der Waals surface area contributed by atoms with E-state index in [2.05, 4.69) is 16.5 Å². The molecule has 0 atom stereocenters. The Balaban J connectivity index is 1.72. The monoisotopic (exact) mass is 252 g/mol. The van der Waals surface area contributed by atoms with Crippen molar-refractivity contribution in [3.8, 4) is 0 Å². The predicted molar refractivity (Wildman–Crippen MR) is 63.2 cm³/mol. The van der Waals surface area contributed by atoms with Crippen molar-refractivity contribution in [2.24, 2.45) is 0 Å². The number of carbonyl (C=O) groups is 1. The van der Waals surface area contributed by atoms with Crippen LogP contribution in [0.1, 0.15) is 21.1 Å². The molecule has 2 heterocycles. The number of nitrogens with zero attached hydrogens (tertiary/aromatic N) is 1. The zero-order valence-electron chi connectivity index (χ0n) is 9.05. The van der Waals surface area contributed by atoms with Gasteiger partial charge in [0.25, 0.3) is 0 Å². The second-order valence-electron chi connectivity index (χ2n) is 3.49. The number of rotatable bonds is 6. The summed E-state index contributed by atoms with van der Waals surface area (Å²) >= 11 is 1.72. The SMILES string of the molecule is O=C(O)c1cc(CNCCc2cccs2)on1. The van der Waals surface area contributed by atoms with Crippen LogP contribution in [0.15, 0.2) is 28.1 Å². The van der Waals surface area contributed by atoms with E-state index >= 15 is 0 Å². The summed E-state index contributed by atoms with van der Waals surface area (Å²) < 4.78 is 4.87. The van der Waals surface area contributed by atoms with Crippen LogP contribution in [0.25, 0.3) is 0 Å². The van der Waals surface area contributed by atoms with Gasteiger partial charge in [-0.05, 0) is 17.9 Å². The van der Waals surface area contributed by atoms with Crippen molar-refractivity contribution in [1.82, 2.24) is 10.5 Å². The summed E-state index contributed by atoms with van der Waals surface area (Å²) in [5.41, 5.74) is -0.0555. The number of thiophene rings is 1. The summed E-state index contributed by atoms with van der Waals surface area (Å²) in [6.45, 7) is 1.31. The van der Waals surface area contributed by atoms with Crippen LogP contribution >= 0.6 is 11.3 Å². The molecule has 0 saturated carbocycles. The highest BCUT2D eigenvalue weighted by molar-refractivity contribution is 7.09. The standard InChI is InChI=1S/C11H12N2O3S/c14-11(15)10-6-8(16-13-10)7-12-4-3-9-2-1-5-17-9/h1-2,5-6,12H,3-4,7H2,(H,14,15). The van der Waals surface area contributed by atoms with Gasteiger partial charge in [-0.15, -0.1) is 11.3 Å². The first-order valence-electron chi connectivity index (χ1n) is 5.17. The molecule has 90 valence electrons. The molecule has 0 radical (unpaired) electrons. The van der Waals surface area contributed by atoms with Crippen molar-refractivity contribution in [3.63, 3.8) is 0 Å². The second kappa shape index (κ2) is 5.60. The molecule has 0 unspecified atom stereocenters. The fourth-order valence-corrected chi connectivity index (χ4v) is 2.08. The van der Waals surface area contributed by atoms with Gasteiger partial charge in [-0.2, -0.15) is 0 Å². The van der Waals surface area contributed by atoms with E-state index in [-0.39, 0.29) is 5.69 Å². The van der Waals surface area contributed by atoms with E-state index in [9.17, 15) is 4.79 Å². The molecule has 6 heteroatoms. The molecule has 2 N–H and O–H groups in total. The summed E-state index contributed by atoms with van der Waals surface area (Å²) in [7, 11) is 0. The molecule has 0 aromatic carbocycles. The van der Waals surface area contributed by atoms with Crippen molar-refractivity contribution in [2.45, 2.75) is 13.0 Å². The molecule has 5 nitrogen and oxygen atoms in total. The molecule has 0 fully saturated rings. The smallest absolute Gasteiger partial charge is 0.358 e. The highest BCUT2D eigenvalue weighted by Gasteiger charge is 2.09. The summed E-state index contributed by atoms with van der Waals surface area (Å²) in [5, 5.41) is 17.3. The van der Waals surface area contributed by atoms with E-state index in [0.717, 1.165) is 13.0 Å². The van der Waals surface area contributed by atoms with E-state index in [1.54, 1.807) is 11.3 Å². The lowest BCUT2D eigenvalue weighted by Crippen LogP contribution is -2.15. The Kier molecular flexibility index (Phi) is 3.89. The fraction of sp³-hybridized carbons (Fsp3) is 0.273. The molecule has 17 heavy (non-hydrogen) atoms. The van der Waals surface area contributed by atoms with Crippen LogP contribution in [-0.4, -0.2) is 22.8 Å². The van der Waals surface area contributed by atoms with Crippen LogP contribution in [0, 0.1) is 0 Å². The zero-order valence-corrected chi connectivity index (χ0v) is 9.87. The Hall–Kier alpha value is -1.66. The molecule has 2 aromatic heterocycles. The quantitative estimate of drug-likeness (QED) is 0.766. The van der Waals surface area contributed by atoms with Gasteiger partial charge in [-0.3, -0.25) is 0 Å². The molecule has 0 amide bonds.